The van der Waals surface area contributed by atoms with E-state index in [2.05, 4.69) is 37.1 Å². The van der Waals surface area contributed by atoms with Crippen molar-refractivity contribution in [2.24, 2.45) is 5.92 Å². The Hall–Kier alpha value is -2.41. The highest BCUT2D eigenvalue weighted by Crippen LogP contribution is 2.29. The molecule has 4 rings (SSSR count). The molecule has 7 nitrogen and oxygen atoms in total. The van der Waals surface area contributed by atoms with E-state index in [4.69, 9.17) is 4.74 Å². The fourth-order valence-electron chi connectivity index (χ4n) is 3.64. The van der Waals surface area contributed by atoms with Crippen molar-refractivity contribution in [1.29, 1.82) is 0 Å². The van der Waals surface area contributed by atoms with Gasteiger partial charge in [-0.25, -0.2) is 0 Å². The van der Waals surface area contributed by atoms with Crippen molar-refractivity contribution in [3.8, 4) is 5.75 Å². The lowest BCUT2D eigenvalue weighted by atomic mass is 10.2. The molecule has 0 radical (unpaired) electrons. The number of carbonyl (C=O) groups is 1. The minimum Gasteiger partial charge on any atom is -0.497 e. The Morgan fingerprint density at radius 3 is 2.93 bits per heavy atom. The van der Waals surface area contributed by atoms with Crippen LogP contribution in [-0.2, 0) is 24.3 Å². The number of amides is 1. The molecule has 2 heterocycles. The zero-order valence-electron chi connectivity index (χ0n) is 16.0. The summed E-state index contributed by atoms with van der Waals surface area (Å²) in [6.07, 6.45) is 2.88. The van der Waals surface area contributed by atoms with Gasteiger partial charge >= 0.3 is 0 Å². The van der Waals surface area contributed by atoms with Crippen molar-refractivity contribution in [3.05, 3.63) is 41.5 Å². The minimum absolute atomic E-state index is 0.107. The molecule has 1 amide bonds. The fraction of sp³-hybridized carbons (Fsp3) is 0.550. The van der Waals surface area contributed by atoms with Crippen LogP contribution in [-0.4, -0.2) is 45.8 Å². The maximum Gasteiger partial charge on any atom is 0.223 e. The van der Waals surface area contributed by atoms with Crippen molar-refractivity contribution < 1.29 is 9.53 Å². The summed E-state index contributed by atoms with van der Waals surface area (Å²) in [6, 6.07) is 8.12. The van der Waals surface area contributed by atoms with E-state index < -0.39 is 0 Å². The Morgan fingerprint density at radius 2 is 2.15 bits per heavy atom. The first-order chi connectivity index (χ1) is 13.1. The highest BCUT2D eigenvalue weighted by Gasteiger charge is 2.31. The largest absolute Gasteiger partial charge is 0.497 e. The molecular weight excluding hydrogens is 342 g/mol. The maximum atomic E-state index is 12.1. The van der Waals surface area contributed by atoms with Crippen molar-refractivity contribution >= 4 is 5.91 Å². The van der Waals surface area contributed by atoms with Gasteiger partial charge in [0.15, 0.2) is 5.82 Å². The monoisotopic (exact) mass is 369 g/mol. The number of hydrogen-bond donors (Lipinski definition) is 1. The summed E-state index contributed by atoms with van der Waals surface area (Å²) < 4.78 is 7.51. The summed E-state index contributed by atoms with van der Waals surface area (Å²) in [6.45, 7) is 5.59. The second kappa shape index (κ2) is 7.68. The van der Waals surface area contributed by atoms with Gasteiger partial charge in [-0.1, -0.05) is 12.1 Å². The van der Waals surface area contributed by atoms with Crippen molar-refractivity contribution in [3.63, 3.8) is 0 Å². The number of ether oxygens (including phenoxy) is 1. The molecule has 0 saturated heterocycles. The zero-order chi connectivity index (χ0) is 18.8. The molecule has 1 N–H and O–H groups in total. The van der Waals surface area contributed by atoms with Gasteiger partial charge in [0.05, 0.1) is 13.2 Å². The molecule has 1 aliphatic heterocycles. The third-order valence-corrected chi connectivity index (χ3v) is 5.38. The van der Waals surface area contributed by atoms with Crippen molar-refractivity contribution in [1.82, 2.24) is 25.0 Å². The number of nitrogens with zero attached hydrogens (tertiary/aromatic N) is 4. The normalized spacial score (nSPS) is 18.4. The molecular formula is C20H27N5O2. The SMILES string of the molecule is COc1cccc(CN2CCc3nnc([C@@H](C)NC(=O)C4CC4)n3CC2)c1. The molecule has 27 heavy (non-hydrogen) atoms. The number of hydrogen-bond acceptors (Lipinski definition) is 5. The highest BCUT2D eigenvalue weighted by atomic mass is 16.5. The Morgan fingerprint density at radius 1 is 1.30 bits per heavy atom. The van der Waals surface area contributed by atoms with E-state index in [1.165, 1.54) is 5.56 Å². The van der Waals surface area contributed by atoms with E-state index in [1.54, 1.807) is 7.11 Å². The first-order valence-corrected chi connectivity index (χ1v) is 9.71. The third kappa shape index (κ3) is 4.13. The first kappa shape index (κ1) is 18.0. The van der Waals surface area contributed by atoms with Crippen LogP contribution in [0.5, 0.6) is 5.75 Å². The minimum atomic E-state index is -0.107. The van der Waals surface area contributed by atoms with Crippen molar-refractivity contribution in [2.45, 2.75) is 45.3 Å². The molecule has 7 heteroatoms. The topological polar surface area (TPSA) is 72.3 Å². The van der Waals surface area contributed by atoms with Gasteiger partial charge in [0.2, 0.25) is 5.91 Å². The lowest BCUT2D eigenvalue weighted by Gasteiger charge is -2.20. The third-order valence-electron chi connectivity index (χ3n) is 5.38. The van der Waals surface area contributed by atoms with E-state index >= 15 is 0 Å². The molecule has 0 unspecified atom stereocenters. The van der Waals surface area contributed by atoms with E-state index in [1.807, 2.05) is 19.1 Å². The average molecular weight is 369 g/mol. The summed E-state index contributed by atoms with van der Waals surface area (Å²) in [4.78, 5) is 14.5. The highest BCUT2D eigenvalue weighted by molar-refractivity contribution is 5.81. The number of nitrogens with one attached hydrogen (secondary N) is 1. The number of methoxy groups -OCH3 is 1. The van der Waals surface area contributed by atoms with Gasteiger partial charge < -0.3 is 14.6 Å². The van der Waals surface area contributed by atoms with Gasteiger partial charge in [-0.05, 0) is 37.5 Å². The molecule has 2 aliphatic rings. The molecule has 0 spiro atoms. The molecule has 144 valence electrons. The van der Waals surface area contributed by atoms with E-state index in [-0.39, 0.29) is 17.9 Å². The molecule has 1 atom stereocenters. The first-order valence-electron chi connectivity index (χ1n) is 9.71. The molecule has 1 fully saturated rings. The van der Waals surface area contributed by atoms with Crippen LogP contribution < -0.4 is 10.1 Å². The standard InChI is InChI=1S/C20H27N5O2/c1-14(21-20(26)16-6-7-16)19-23-22-18-8-9-24(10-11-25(18)19)13-15-4-3-5-17(12-15)27-2/h3-5,12,14,16H,6-11,13H2,1-2H3,(H,21,26)/t14-/m1/s1. The van der Waals surface area contributed by atoms with Crippen LogP contribution in [0.15, 0.2) is 24.3 Å². The second-order valence-electron chi connectivity index (χ2n) is 7.51. The number of carbonyl (C=O) groups excluding carboxylic acids is 1. The van der Waals surface area contributed by atoms with Crippen LogP contribution in [0, 0.1) is 5.92 Å². The van der Waals surface area contributed by atoms with Crippen LogP contribution in [0.1, 0.15) is 43.0 Å². The molecule has 1 saturated carbocycles. The quantitative estimate of drug-likeness (QED) is 0.842. The Balaban J connectivity index is 1.40. The summed E-state index contributed by atoms with van der Waals surface area (Å²) in [5.74, 6) is 3.11. The van der Waals surface area contributed by atoms with Gasteiger partial charge in [0.25, 0.3) is 0 Å². The van der Waals surface area contributed by atoms with Crippen LogP contribution in [0.4, 0.5) is 0 Å². The number of rotatable bonds is 6. The lowest BCUT2D eigenvalue weighted by molar-refractivity contribution is -0.123. The van der Waals surface area contributed by atoms with Gasteiger partial charge in [0.1, 0.15) is 11.6 Å². The van der Waals surface area contributed by atoms with Crippen molar-refractivity contribution in [2.75, 3.05) is 20.2 Å². The van der Waals surface area contributed by atoms with E-state index in [0.29, 0.717) is 0 Å². The number of aromatic nitrogens is 3. The van der Waals surface area contributed by atoms with Gasteiger partial charge in [-0.3, -0.25) is 9.69 Å². The van der Waals surface area contributed by atoms with Crippen LogP contribution in [0.25, 0.3) is 0 Å². The fourth-order valence-corrected chi connectivity index (χ4v) is 3.64. The Labute approximate surface area is 159 Å². The van der Waals surface area contributed by atoms with Crippen LogP contribution in [0.3, 0.4) is 0 Å². The maximum absolute atomic E-state index is 12.1. The van der Waals surface area contributed by atoms with Gasteiger partial charge in [-0.2, -0.15) is 0 Å². The molecule has 1 aromatic carbocycles. The number of fused-ring (bicyclic) bond motifs is 1. The summed E-state index contributed by atoms with van der Waals surface area (Å²) in [7, 11) is 1.70. The average Bonchev–Trinajstić information content (AvgIpc) is 3.47. The number of benzene rings is 1. The van der Waals surface area contributed by atoms with Gasteiger partial charge in [0, 0.05) is 38.5 Å². The molecule has 1 aromatic heterocycles. The van der Waals surface area contributed by atoms with Crippen LogP contribution >= 0.6 is 0 Å². The van der Waals surface area contributed by atoms with Crippen LogP contribution in [0.2, 0.25) is 0 Å². The summed E-state index contributed by atoms with van der Waals surface area (Å²) in [5, 5.41) is 11.8. The van der Waals surface area contributed by atoms with E-state index in [9.17, 15) is 4.79 Å². The smallest absolute Gasteiger partial charge is 0.223 e. The van der Waals surface area contributed by atoms with E-state index in [0.717, 1.165) is 62.8 Å². The molecule has 2 aromatic rings. The summed E-state index contributed by atoms with van der Waals surface area (Å²) >= 11 is 0. The molecule has 0 bridgehead atoms. The Kier molecular flexibility index (Phi) is 5.11. The lowest BCUT2D eigenvalue weighted by Crippen LogP contribution is -2.31. The Bertz CT molecular complexity index is 814. The molecule has 1 aliphatic carbocycles. The second-order valence-corrected chi connectivity index (χ2v) is 7.51. The predicted octanol–water partition coefficient (Wildman–Crippen LogP) is 1.93. The predicted molar refractivity (Wildman–Crippen MR) is 101 cm³/mol. The summed E-state index contributed by atoms with van der Waals surface area (Å²) in [5.41, 5.74) is 1.25. The van der Waals surface area contributed by atoms with Gasteiger partial charge in [-0.15, -0.1) is 10.2 Å². The zero-order valence-corrected chi connectivity index (χ0v) is 16.0.